The van der Waals surface area contributed by atoms with Gasteiger partial charge >= 0.3 is 5.97 Å². The van der Waals surface area contributed by atoms with Crippen molar-refractivity contribution in [2.45, 2.75) is 32.7 Å². The molecule has 0 N–H and O–H groups in total. The van der Waals surface area contributed by atoms with Gasteiger partial charge in [-0.15, -0.1) is 0 Å². The van der Waals surface area contributed by atoms with Crippen molar-refractivity contribution < 1.29 is 19.0 Å². The van der Waals surface area contributed by atoms with Gasteiger partial charge < -0.3 is 14.2 Å². The summed E-state index contributed by atoms with van der Waals surface area (Å²) in [6, 6.07) is 12.8. The maximum Gasteiger partial charge on any atom is 0.338 e. The topological polar surface area (TPSA) is 79.1 Å². The number of esters is 1. The maximum absolute atomic E-state index is 13.7. The normalized spacial score (nSPS) is 15.3. The van der Waals surface area contributed by atoms with E-state index in [1.54, 1.807) is 36.8 Å². The Labute approximate surface area is 219 Å². The van der Waals surface area contributed by atoms with Crippen LogP contribution in [0.1, 0.15) is 49.4 Å². The Kier molecular flexibility index (Phi) is 7.78. The first-order chi connectivity index (χ1) is 17.8. The predicted octanol–water partition coefficient (Wildman–Crippen LogP) is 4.11. The summed E-state index contributed by atoms with van der Waals surface area (Å²) >= 11 is 1.28. The summed E-state index contributed by atoms with van der Waals surface area (Å²) in [7, 11) is 2.90. The number of carbonyl (C=O) groups is 1. The number of hydrogen-bond acceptors (Lipinski definition) is 7. The zero-order valence-corrected chi connectivity index (χ0v) is 22.4. The Morgan fingerprint density at radius 2 is 1.89 bits per heavy atom. The maximum atomic E-state index is 13.7. The average Bonchev–Trinajstić information content (AvgIpc) is 3.20. The quantitative estimate of drug-likeness (QED) is 0.331. The van der Waals surface area contributed by atoms with Crippen molar-refractivity contribution in [3.05, 3.63) is 103 Å². The number of methoxy groups -OCH3 is 2. The number of thiazole rings is 1. The molecule has 3 aromatic rings. The largest absolute Gasteiger partial charge is 0.493 e. The number of rotatable bonds is 8. The SMILES string of the molecule is C=CCOc1ccc(/C=c2\sc3n(c2=O)[C@H](c2ccc(C(C)C)cc2)C(C(=O)OC)=C(C)N=3)cc1OC. The first-order valence-corrected chi connectivity index (χ1v) is 12.7. The highest BCUT2D eigenvalue weighted by Crippen LogP contribution is 2.32. The minimum atomic E-state index is -0.642. The molecule has 37 heavy (non-hydrogen) atoms. The lowest BCUT2D eigenvalue weighted by molar-refractivity contribution is -0.136. The molecule has 0 radical (unpaired) electrons. The lowest BCUT2D eigenvalue weighted by Gasteiger charge is -2.24. The third-order valence-corrected chi connectivity index (χ3v) is 7.17. The number of hydrogen-bond donors (Lipinski definition) is 0. The molecule has 1 atom stereocenters. The fraction of sp³-hybridized carbons (Fsp3) is 0.276. The Balaban J connectivity index is 1.87. The number of nitrogens with zero attached hydrogens (tertiary/aromatic N) is 2. The number of aromatic nitrogens is 1. The third kappa shape index (κ3) is 5.15. The molecule has 1 aliphatic heterocycles. The monoisotopic (exact) mass is 518 g/mol. The smallest absolute Gasteiger partial charge is 0.338 e. The number of allylic oxidation sites excluding steroid dienone is 1. The van der Waals surface area contributed by atoms with Gasteiger partial charge in [0.05, 0.1) is 36.1 Å². The van der Waals surface area contributed by atoms with Crippen LogP contribution < -0.4 is 24.4 Å². The van der Waals surface area contributed by atoms with Crippen molar-refractivity contribution in [3.63, 3.8) is 0 Å². The van der Waals surface area contributed by atoms with Crippen LogP contribution in [0.2, 0.25) is 0 Å². The predicted molar refractivity (Wildman–Crippen MR) is 145 cm³/mol. The summed E-state index contributed by atoms with van der Waals surface area (Å²) in [5.41, 5.74) is 3.41. The van der Waals surface area contributed by atoms with Crippen molar-refractivity contribution >= 4 is 23.4 Å². The van der Waals surface area contributed by atoms with Gasteiger partial charge in [0.1, 0.15) is 6.61 Å². The Morgan fingerprint density at radius 1 is 1.16 bits per heavy atom. The standard InChI is InChI=1S/C29H30N2O5S/c1-7-14-36-22-13-8-19(15-23(22)34-5)16-24-27(32)31-26(21-11-9-20(10-12-21)17(2)3)25(28(33)35-6)18(4)30-29(31)37-24/h7-13,15-17,26H,1,14H2,2-6H3/b24-16-/t26-/m1/s1. The van der Waals surface area contributed by atoms with Gasteiger partial charge in [0.2, 0.25) is 0 Å². The molecule has 4 rings (SSSR count). The van der Waals surface area contributed by atoms with Gasteiger partial charge in [-0.05, 0) is 47.7 Å². The molecular formula is C29H30N2O5S. The zero-order valence-electron chi connectivity index (χ0n) is 21.6. The minimum absolute atomic E-state index is 0.235. The molecule has 0 aliphatic carbocycles. The van der Waals surface area contributed by atoms with Crippen LogP contribution in [0.25, 0.3) is 6.08 Å². The van der Waals surface area contributed by atoms with Crippen LogP contribution in [0, 0.1) is 0 Å². The summed E-state index contributed by atoms with van der Waals surface area (Å²) < 4.78 is 18.3. The van der Waals surface area contributed by atoms with Gasteiger partial charge in [-0.2, -0.15) is 0 Å². The van der Waals surface area contributed by atoms with Crippen LogP contribution in [0.15, 0.2) is 76.2 Å². The highest BCUT2D eigenvalue weighted by molar-refractivity contribution is 7.07. The summed E-state index contributed by atoms with van der Waals surface area (Å²) in [6.07, 6.45) is 3.45. The molecule has 0 saturated heterocycles. The lowest BCUT2D eigenvalue weighted by Crippen LogP contribution is -2.39. The zero-order chi connectivity index (χ0) is 26.7. The molecular weight excluding hydrogens is 488 g/mol. The van der Waals surface area contributed by atoms with E-state index in [1.807, 2.05) is 36.4 Å². The molecule has 8 heteroatoms. The Bertz CT molecular complexity index is 1540. The first-order valence-electron chi connectivity index (χ1n) is 11.9. The summed E-state index contributed by atoms with van der Waals surface area (Å²) in [4.78, 5) is 31.7. The molecule has 192 valence electrons. The van der Waals surface area contributed by atoms with E-state index >= 15 is 0 Å². The molecule has 1 aromatic heterocycles. The second kappa shape index (κ2) is 11.0. The van der Waals surface area contributed by atoms with E-state index in [0.29, 0.717) is 44.6 Å². The summed E-state index contributed by atoms with van der Waals surface area (Å²) in [5.74, 6) is 0.992. The fourth-order valence-electron chi connectivity index (χ4n) is 4.26. The molecule has 7 nitrogen and oxygen atoms in total. The van der Waals surface area contributed by atoms with E-state index in [-0.39, 0.29) is 5.56 Å². The van der Waals surface area contributed by atoms with E-state index in [9.17, 15) is 9.59 Å². The summed E-state index contributed by atoms with van der Waals surface area (Å²) in [6.45, 7) is 10.0. The van der Waals surface area contributed by atoms with Gasteiger partial charge in [-0.3, -0.25) is 9.36 Å². The Morgan fingerprint density at radius 3 is 2.51 bits per heavy atom. The van der Waals surface area contributed by atoms with E-state index in [1.165, 1.54) is 24.0 Å². The van der Waals surface area contributed by atoms with Crippen LogP contribution in [-0.4, -0.2) is 31.4 Å². The molecule has 0 spiro atoms. The minimum Gasteiger partial charge on any atom is -0.493 e. The van der Waals surface area contributed by atoms with E-state index in [2.05, 4.69) is 25.4 Å². The van der Waals surface area contributed by atoms with E-state index in [4.69, 9.17) is 14.2 Å². The van der Waals surface area contributed by atoms with Crippen molar-refractivity contribution in [1.82, 2.24) is 4.57 Å². The van der Waals surface area contributed by atoms with Gasteiger partial charge in [-0.25, -0.2) is 9.79 Å². The first kappa shape index (κ1) is 26.2. The molecule has 0 unspecified atom stereocenters. The molecule has 2 heterocycles. The van der Waals surface area contributed by atoms with Gasteiger partial charge in [-0.1, -0.05) is 68.2 Å². The molecule has 0 fully saturated rings. The number of fused-ring (bicyclic) bond motifs is 1. The van der Waals surface area contributed by atoms with Crippen LogP contribution >= 0.6 is 11.3 Å². The molecule has 0 amide bonds. The third-order valence-electron chi connectivity index (χ3n) is 6.19. The summed E-state index contributed by atoms with van der Waals surface area (Å²) in [5, 5.41) is 0. The van der Waals surface area contributed by atoms with Crippen LogP contribution in [0.5, 0.6) is 11.5 Å². The molecule has 0 saturated carbocycles. The van der Waals surface area contributed by atoms with Crippen molar-refractivity contribution in [2.24, 2.45) is 4.99 Å². The fourth-order valence-corrected chi connectivity index (χ4v) is 5.31. The highest BCUT2D eigenvalue weighted by atomic mass is 32.1. The van der Waals surface area contributed by atoms with E-state index < -0.39 is 12.0 Å². The van der Waals surface area contributed by atoms with Crippen molar-refractivity contribution in [3.8, 4) is 11.5 Å². The highest BCUT2D eigenvalue weighted by Gasteiger charge is 2.33. The lowest BCUT2D eigenvalue weighted by atomic mass is 9.93. The van der Waals surface area contributed by atoms with Crippen LogP contribution in [0.4, 0.5) is 0 Å². The molecule has 1 aliphatic rings. The second-order valence-electron chi connectivity index (χ2n) is 8.90. The molecule has 0 bridgehead atoms. The number of carbonyl (C=O) groups excluding carboxylic acids is 1. The van der Waals surface area contributed by atoms with Crippen molar-refractivity contribution in [2.75, 3.05) is 20.8 Å². The van der Waals surface area contributed by atoms with E-state index in [0.717, 1.165) is 11.1 Å². The molecule has 2 aromatic carbocycles. The van der Waals surface area contributed by atoms with Gasteiger partial charge in [0.25, 0.3) is 5.56 Å². The van der Waals surface area contributed by atoms with Crippen molar-refractivity contribution in [1.29, 1.82) is 0 Å². The average molecular weight is 519 g/mol. The van der Waals surface area contributed by atoms with Gasteiger partial charge in [0, 0.05) is 0 Å². The number of ether oxygens (including phenoxy) is 3. The second-order valence-corrected chi connectivity index (χ2v) is 9.91. The van der Waals surface area contributed by atoms with Crippen LogP contribution in [-0.2, 0) is 9.53 Å². The van der Waals surface area contributed by atoms with Gasteiger partial charge in [0.15, 0.2) is 16.3 Å². The Hall–Kier alpha value is -3.91. The number of benzene rings is 2. The van der Waals surface area contributed by atoms with Crippen LogP contribution in [0.3, 0.4) is 0 Å².